The molecule has 1 saturated heterocycles. The van der Waals surface area contributed by atoms with Crippen LogP contribution in [-0.2, 0) is 9.59 Å². The number of fused-ring (bicyclic) bond motifs is 1. The van der Waals surface area contributed by atoms with Crippen molar-refractivity contribution in [3.63, 3.8) is 0 Å². The Balaban J connectivity index is 1.88. The average molecular weight is 314 g/mol. The molecule has 0 spiro atoms. The quantitative estimate of drug-likeness (QED) is 0.858. The van der Waals surface area contributed by atoms with Gasteiger partial charge in [-0.25, -0.2) is 0 Å². The van der Waals surface area contributed by atoms with Crippen LogP contribution in [0, 0.1) is 0 Å². The smallest absolute Gasteiger partial charge is 0.259 e. The van der Waals surface area contributed by atoms with Gasteiger partial charge in [-0.1, -0.05) is 13.5 Å². The molecule has 0 saturated carbocycles. The van der Waals surface area contributed by atoms with Gasteiger partial charge >= 0.3 is 0 Å². The van der Waals surface area contributed by atoms with Crippen molar-refractivity contribution in [1.82, 2.24) is 10.2 Å². The van der Waals surface area contributed by atoms with E-state index in [0.717, 1.165) is 6.42 Å². The Labute approximate surface area is 134 Å². The second-order valence-electron chi connectivity index (χ2n) is 5.64. The highest BCUT2D eigenvalue weighted by atomic mass is 16.5. The molecule has 2 aliphatic heterocycles. The summed E-state index contributed by atoms with van der Waals surface area (Å²) in [6.45, 7) is 6.57. The van der Waals surface area contributed by atoms with Crippen molar-refractivity contribution in [1.29, 1.82) is 0 Å². The first-order valence-corrected chi connectivity index (χ1v) is 7.66. The molecule has 3 rings (SSSR count). The zero-order chi connectivity index (χ0) is 16.6. The summed E-state index contributed by atoms with van der Waals surface area (Å²) in [7, 11) is 0. The molecule has 23 heavy (non-hydrogen) atoms. The molecule has 2 aliphatic rings. The van der Waals surface area contributed by atoms with E-state index in [-0.39, 0.29) is 18.2 Å². The van der Waals surface area contributed by atoms with E-state index in [1.807, 2.05) is 6.92 Å². The van der Waals surface area contributed by atoms with Crippen molar-refractivity contribution in [2.45, 2.75) is 32.2 Å². The van der Waals surface area contributed by atoms with Gasteiger partial charge in [0.25, 0.3) is 5.91 Å². The van der Waals surface area contributed by atoms with E-state index in [1.54, 1.807) is 18.2 Å². The third-order valence-electron chi connectivity index (χ3n) is 4.04. The Morgan fingerprint density at radius 3 is 2.78 bits per heavy atom. The van der Waals surface area contributed by atoms with Gasteiger partial charge in [0, 0.05) is 23.2 Å². The van der Waals surface area contributed by atoms with Crippen LogP contribution in [-0.4, -0.2) is 35.3 Å². The van der Waals surface area contributed by atoms with E-state index < -0.39 is 11.9 Å². The summed E-state index contributed by atoms with van der Waals surface area (Å²) in [5, 5.41) is 2.28. The number of hydrogen-bond acceptors (Lipinski definition) is 4. The lowest BCUT2D eigenvalue weighted by Crippen LogP contribution is -2.52. The molecule has 120 valence electrons. The lowest BCUT2D eigenvalue weighted by molar-refractivity contribution is -0.136. The molecule has 0 bridgehead atoms. The standard InChI is InChI=1S/C17H18N2O4/c1-3-8-23-11-4-5-12-13(9-11)10(2)19(17(12)22)14-6-7-15(20)18-16(14)21/h4-5,9,14H,2-3,6-8H2,1H3,(H,18,20,21). The van der Waals surface area contributed by atoms with Crippen LogP contribution < -0.4 is 10.1 Å². The summed E-state index contributed by atoms with van der Waals surface area (Å²) >= 11 is 0. The molecule has 0 aromatic heterocycles. The van der Waals surface area contributed by atoms with E-state index in [0.29, 0.717) is 35.6 Å². The molecular weight excluding hydrogens is 296 g/mol. The highest BCUT2D eigenvalue weighted by Gasteiger charge is 2.41. The number of hydrogen-bond donors (Lipinski definition) is 1. The van der Waals surface area contributed by atoms with Crippen LogP contribution in [0.4, 0.5) is 0 Å². The summed E-state index contributed by atoms with van der Waals surface area (Å²) in [6.07, 6.45) is 1.41. The lowest BCUT2D eigenvalue weighted by atomic mass is 10.0. The maximum atomic E-state index is 12.6. The zero-order valence-corrected chi connectivity index (χ0v) is 12.9. The van der Waals surface area contributed by atoms with E-state index >= 15 is 0 Å². The van der Waals surface area contributed by atoms with Crippen LogP contribution in [0.25, 0.3) is 5.70 Å². The van der Waals surface area contributed by atoms with Gasteiger partial charge < -0.3 is 4.74 Å². The van der Waals surface area contributed by atoms with E-state index in [4.69, 9.17) is 4.74 Å². The fourth-order valence-electron chi connectivity index (χ4n) is 2.90. The van der Waals surface area contributed by atoms with Crippen molar-refractivity contribution < 1.29 is 19.1 Å². The van der Waals surface area contributed by atoms with Crippen LogP contribution in [0.3, 0.4) is 0 Å². The van der Waals surface area contributed by atoms with E-state index in [1.165, 1.54) is 4.90 Å². The van der Waals surface area contributed by atoms with Gasteiger partial charge in [-0.15, -0.1) is 0 Å². The van der Waals surface area contributed by atoms with Crippen LogP contribution in [0.2, 0.25) is 0 Å². The Kier molecular flexibility index (Phi) is 3.90. The fourth-order valence-corrected chi connectivity index (χ4v) is 2.90. The first-order valence-electron chi connectivity index (χ1n) is 7.66. The van der Waals surface area contributed by atoms with Gasteiger partial charge in [-0.05, 0) is 31.0 Å². The Morgan fingerprint density at radius 2 is 2.09 bits per heavy atom. The first kappa shape index (κ1) is 15.3. The van der Waals surface area contributed by atoms with Crippen molar-refractivity contribution in [2.24, 2.45) is 0 Å². The van der Waals surface area contributed by atoms with Gasteiger partial charge in [-0.2, -0.15) is 0 Å². The number of nitrogens with one attached hydrogen (secondary N) is 1. The second kappa shape index (κ2) is 5.87. The summed E-state index contributed by atoms with van der Waals surface area (Å²) in [5.74, 6) is -0.353. The van der Waals surface area contributed by atoms with Gasteiger partial charge in [-0.3, -0.25) is 24.6 Å². The summed E-state index contributed by atoms with van der Waals surface area (Å²) in [4.78, 5) is 37.3. The molecule has 1 unspecified atom stereocenters. The number of piperidine rings is 1. The first-order chi connectivity index (χ1) is 11.0. The zero-order valence-electron chi connectivity index (χ0n) is 12.9. The van der Waals surface area contributed by atoms with Crippen LogP contribution >= 0.6 is 0 Å². The topological polar surface area (TPSA) is 75.7 Å². The molecule has 1 aromatic rings. The predicted octanol–water partition coefficient (Wildman–Crippen LogP) is 1.71. The third-order valence-corrected chi connectivity index (χ3v) is 4.04. The summed E-state index contributed by atoms with van der Waals surface area (Å²) in [6, 6.07) is 4.52. The van der Waals surface area contributed by atoms with Crippen molar-refractivity contribution >= 4 is 23.4 Å². The number of imide groups is 1. The number of amides is 3. The maximum absolute atomic E-state index is 12.6. The Hall–Kier alpha value is -2.63. The van der Waals surface area contributed by atoms with Crippen molar-refractivity contribution in [3.05, 3.63) is 35.9 Å². The van der Waals surface area contributed by atoms with Gasteiger partial charge in [0.1, 0.15) is 11.8 Å². The van der Waals surface area contributed by atoms with E-state index in [2.05, 4.69) is 11.9 Å². The normalized spacial score (nSPS) is 20.6. The Bertz CT molecular complexity index is 711. The van der Waals surface area contributed by atoms with Gasteiger partial charge in [0.05, 0.1) is 6.61 Å². The number of benzene rings is 1. The van der Waals surface area contributed by atoms with Crippen molar-refractivity contribution in [2.75, 3.05) is 6.61 Å². The number of carbonyl (C=O) groups excluding carboxylic acids is 3. The maximum Gasteiger partial charge on any atom is 0.259 e. The minimum atomic E-state index is -0.694. The number of nitrogens with zero attached hydrogens (tertiary/aromatic N) is 1. The second-order valence-corrected chi connectivity index (χ2v) is 5.64. The minimum absolute atomic E-state index is 0.217. The molecule has 6 nitrogen and oxygen atoms in total. The fraction of sp³-hybridized carbons (Fsp3) is 0.353. The lowest BCUT2D eigenvalue weighted by Gasteiger charge is -2.30. The molecule has 1 atom stereocenters. The molecule has 1 aromatic carbocycles. The average Bonchev–Trinajstić information content (AvgIpc) is 2.77. The van der Waals surface area contributed by atoms with Crippen LogP contribution in [0.15, 0.2) is 24.8 Å². The number of ether oxygens (including phenoxy) is 1. The molecule has 3 amide bonds. The predicted molar refractivity (Wildman–Crippen MR) is 83.6 cm³/mol. The summed E-state index contributed by atoms with van der Waals surface area (Å²) < 4.78 is 5.59. The molecule has 0 radical (unpaired) electrons. The van der Waals surface area contributed by atoms with Crippen LogP contribution in [0.1, 0.15) is 42.1 Å². The molecule has 1 fully saturated rings. The van der Waals surface area contributed by atoms with Crippen LogP contribution in [0.5, 0.6) is 5.75 Å². The van der Waals surface area contributed by atoms with Crippen molar-refractivity contribution in [3.8, 4) is 5.75 Å². The third kappa shape index (κ3) is 2.60. The highest BCUT2D eigenvalue weighted by molar-refractivity contribution is 6.12. The summed E-state index contributed by atoms with van der Waals surface area (Å²) in [5.41, 5.74) is 1.65. The molecule has 6 heteroatoms. The Morgan fingerprint density at radius 1 is 1.30 bits per heavy atom. The number of carbonyl (C=O) groups is 3. The molecule has 0 aliphatic carbocycles. The monoisotopic (exact) mass is 314 g/mol. The largest absolute Gasteiger partial charge is 0.494 e. The minimum Gasteiger partial charge on any atom is -0.494 e. The number of rotatable bonds is 4. The SMILES string of the molecule is C=C1c2cc(OCCC)ccc2C(=O)N1C1CCC(=O)NC1=O. The highest BCUT2D eigenvalue weighted by Crippen LogP contribution is 2.36. The molecule has 1 N–H and O–H groups in total. The van der Waals surface area contributed by atoms with E-state index in [9.17, 15) is 14.4 Å². The molecule has 2 heterocycles. The van der Waals surface area contributed by atoms with Gasteiger partial charge in [0.15, 0.2) is 0 Å². The van der Waals surface area contributed by atoms with Gasteiger partial charge in [0.2, 0.25) is 11.8 Å². The molecular formula is C17H18N2O4.